The zero-order valence-corrected chi connectivity index (χ0v) is 21.8. The molecule has 30 heavy (non-hydrogen) atoms. The topological polar surface area (TPSA) is 69.1 Å². The Balaban J connectivity index is 0.00000320. The van der Waals surface area contributed by atoms with Gasteiger partial charge in [-0.25, -0.2) is 4.98 Å². The third-order valence-electron chi connectivity index (χ3n) is 5.78. The van der Waals surface area contributed by atoms with Crippen molar-refractivity contribution in [2.24, 2.45) is 10.9 Å². The fourth-order valence-electron chi connectivity index (χ4n) is 3.88. The smallest absolute Gasteiger partial charge is 0.205 e. The molecule has 0 atom stereocenters. The summed E-state index contributed by atoms with van der Waals surface area (Å²) in [5.74, 6) is 2.72. The second-order valence-electron chi connectivity index (χ2n) is 7.79. The van der Waals surface area contributed by atoms with Gasteiger partial charge in [-0.1, -0.05) is 6.92 Å². The average molecular weight is 552 g/mol. The Hall–Kier alpha value is -0.720. The number of guanidine groups is 1. The van der Waals surface area contributed by atoms with E-state index >= 15 is 0 Å². The molecule has 3 heterocycles. The first kappa shape index (κ1) is 25.5. The molecule has 2 saturated heterocycles. The number of hydrogen-bond acceptors (Lipinski definition) is 7. The van der Waals surface area contributed by atoms with E-state index in [9.17, 15) is 0 Å². The number of likely N-dealkylation sites (tertiary alicyclic amines) is 1. The molecule has 1 N–H and O–H groups in total. The molecule has 8 nitrogen and oxygen atoms in total. The van der Waals surface area contributed by atoms with Crippen LogP contribution in [0.15, 0.2) is 4.99 Å². The largest absolute Gasteiger partial charge is 0.383 e. The summed E-state index contributed by atoms with van der Waals surface area (Å²) in [5, 5.41) is 4.56. The van der Waals surface area contributed by atoms with Crippen molar-refractivity contribution in [3.63, 3.8) is 0 Å². The molecule has 0 radical (unpaired) electrons. The summed E-state index contributed by atoms with van der Waals surface area (Å²) < 4.78 is 9.62. The minimum Gasteiger partial charge on any atom is -0.383 e. The van der Waals surface area contributed by atoms with Gasteiger partial charge in [0.2, 0.25) is 5.13 Å². The predicted molar refractivity (Wildman–Crippen MR) is 136 cm³/mol. The average Bonchev–Trinajstić information content (AvgIpc) is 3.25. The number of piperazine rings is 1. The zero-order chi connectivity index (χ0) is 20.5. The molecular weight excluding hydrogens is 513 g/mol. The van der Waals surface area contributed by atoms with Crippen LogP contribution in [0, 0.1) is 5.92 Å². The van der Waals surface area contributed by atoms with Gasteiger partial charge in [0.15, 0.2) is 5.96 Å². The highest BCUT2D eigenvalue weighted by molar-refractivity contribution is 14.0. The normalized spacial score (nSPS) is 19.1. The monoisotopic (exact) mass is 551 g/mol. The fraction of sp³-hybridized carbons (Fsp3) is 0.850. The molecule has 0 saturated carbocycles. The summed E-state index contributed by atoms with van der Waals surface area (Å²) in [6, 6.07) is 0. The van der Waals surface area contributed by atoms with E-state index in [4.69, 9.17) is 9.73 Å². The Morgan fingerprint density at radius 1 is 1.17 bits per heavy atom. The number of methoxy groups -OCH3 is 1. The van der Waals surface area contributed by atoms with Gasteiger partial charge in [-0.05, 0) is 38.8 Å². The molecule has 0 amide bonds. The van der Waals surface area contributed by atoms with Gasteiger partial charge in [0.05, 0.1) is 6.61 Å². The van der Waals surface area contributed by atoms with E-state index in [0.29, 0.717) is 5.92 Å². The lowest BCUT2D eigenvalue weighted by molar-refractivity contribution is 0.121. The second-order valence-corrected chi connectivity index (χ2v) is 8.52. The maximum Gasteiger partial charge on any atom is 0.205 e. The summed E-state index contributed by atoms with van der Waals surface area (Å²) >= 11 is 1.52. The Morgan fingerprint density at radius 3 is 2.50 bits per heavy atom. The van der Waals surface area contributed by atoms with E-state index < -0.39 is 0 Å². The highest BCUT2D eigenvalue weighted by atomic mass is 127. The Morgan fingerprint density at radius 2 is 1.90 bits per heavy atom. The van der Waals surface area contributed by atoms with Crippen LogP contribution in [0.25, 0.3) is 0 Å². The summed E-state index contributed by atoms with van der Waals surface area (Å²) in [5.41, 5.74) is 0. The van der Waals surface area contributed by atoms with Crippen LogP contribution in [0.5, 0.6) is 0 Å². The van der Waals surface area contributed by atoms with Crippen molar-refractivity contribution in [1.82, 2.24) is 24.5 Å². The van der Waals surface area contributed by atoms with E-state index in [2.05, 4.69) is 43.2 Å². The van der Waals surface area contributed by atoms with Crippen LogP contribution in [0.2, 0.25) is 0 Å². The third-order valence-corrected chi connectivity index (χ3v) is 6.59. The van der Waals surface area contributed by atoms with Crippen LogP contribution < -0.4 is 10.2 Å². The molecule has 1 aromatic rings. The van der Waals surface area contributed by atoms with Crippen LogP contribution in [0.1, 0.15) is 32.5 Å². The lowest BCUT2D eigenvalue weighted by Gasteiger charge is -2.36. The van der Waals surface area contributed by atoms with Gasteiger partial charge in [-0.15, -0.1) is 24.0 Å². The van der Waals surface area contributed by atoms with E-state index in [1.807, 2.05) is 0 Å². The molecule has 0 aliphatic carbocycles. The van der Waals surface area contributed by atoms with Crippen LogP contribution >= 0.6 is 35.5 Å². The van der Waals surface area contributed by atoms with Gasteiger partial charge >= 0.3 is 0 Å². The number of anilines is 1. The molecule has 2 aliphatic rings. The maximum absolute atomic E-state index is 5.20. The van der Waals surface area contributed by atoms with Gasteiger partial charge in [0.25, 0.3) is 0 Å². The molecule has 0 spiro atoms. The van der Waals surface area contributed by atoms with E-state index in [1.165, 1.54) is 37.5 Å². The van der Waals surface area contributed by atoms with Gasteiger partial charge in [0.1, 0.15) is 5.82 Å². The zero-order valence-electron chi connectivity index (χ0n) is 18.7. The van der Waals surface area contributed by atoms with Crippen molar-refractivity contribution in [2.45, 2.75) is 33.1 Å². The van der Waals surface area contributed by atoms with Crippen molar-refractivity contribution in [3.8, 4) is 0 Å². The van der Waals surface area contributed by atoms with Crippen LogP contribution in [0.4, 0.5) is 5.13 Å². The first-order valence-corrected chi connectivity index (χ1v) is 11.8. The highest BCUT2D eigenvalue weighted by Crippen LogP contribution is 2.20. The third kappa shape index (κ3) is 7.45. The Kier molecular flexibility index (Phi) is 11.6. The number of ether oxygens (including phenoxy) is 1. The number of aliphatic imine (C=N–C) groups is 1. The number of aromatic nitrogens is 2. The van der Waals surface area contributed by atoms with Crippen LogP contribution in [0.3, 0.4) is 0 Å². The van der Waals surface area contributed by atoms with Gasteiger partial charge in [-0.2, -0.15) is 4.37 Å². The number of halogens is 1. The lowest BCUT2D eigenvalue weighted by Crippen LogP contribution is -2.52. The molecule has 0 bridgehead atoms. The minimum atomic E-state index is 0. The first-order chi connectivity index (χ1) is 14.2. The number of rotatable bonds is 8. The maximum atomic E-state index is 5.20. The SMILES string of the molecule is CCNC(=NCC1CCN(CCOC)CC1)N1CCN(c2nc(CC)ns2)CC1.I. The molecule has 2 aliphatic heterocycles. The predicted octanol–water partition coefficient (Wildman–Crippen LogP) is 2.16. The van der Waals surface area contributed by atoms with Crippen molar-refractivity contribution in [2.75, 3.05) is 77.5 Å². The molecule has 1 aromatic heterocycles. The number of nitrogens with zero attached hydrogens (tertiary/aromatic N) is 6. The van der Waals surface area contributed by atoms with E-state index in [0.717, 1.165) is 75.8 Å². The molecule has 3 rings (SSSR count). The molecule has 0 unspecified atom stereocenters. The van der Waals surface area contributed by atoms with Gasteiger partial charge in [-0.3, -0.25) is 4.99 Å². The Bertz CT molecular complexity index is 628. The quantitative estimate of drug-likeness (QED) is 0.302. The molecular formula is C20H38IN7OS. The minimum absolute atomic E-state index is 0. The number of hydrogen-bond donors (Lipinski definition) is 1. The molecule has 0 aromatic carbocycles. The second kappa shape index (κ2) is 13.6. The fourth-order valence-corrected chi connectivity index (χ4v) is 4.68. The van der Waals surface area contributed by atoms with E-state index in [-0.39, 0.29) is 24.0 Å². The van der Waals surface area contributed by atoms with Crippen LogP contribution in [-0.4, -0.2) is 97.7 Å². The Labute approximate surface area is 202 Å². The summed E-state index contributed by atoms with van der Waals surface area (Å²) in [7, 11) is 1.78. The van der Waals surface area contributed by atoms with Gasteiger partial charge < -0.3 is 24.8 Å². The summed E-state index contributed by atoms with van der Waals surface area (Å²) in [4.78, 5) is 16.9. The van der Waals surface area contributed by atoms with Crippen molar-refractivity contribution < 1.29 is 4.74 Å². The molecule has 2 fully saturated rings. The van der Waals surface area contributed by atoms with Crippen molar-refractivity contribution in [3.05, 3.63) is 5.82 Å². The first-order valence-electron chi connectivity index (χ1n) is 11.1. The highest BCUT2D eigenvalue weighted by Gasteiger charge is 2.23. The molecule has 172 valence electrons. The van der Waals surface area contributed by atoms with E-state index in [1.54, 1.807) is 7.11 Å². The summed E-state index contributed by atoms with van der Waals surface area (Å²) in [6.45, 7) is 14.2. The van der Waals surface area contributed by atoms with Crippen LogP contribution in [-0.2, 0) is 11.2 Å². The number of piperidine rings is 1. The van der Waals surface area contributed by atoms with Gasteiger partial charge in [0, 0.05) is 70.9 Å². The standard InChI is InChI=1S/C20H37N7OS.HI/c1-4-18-23-20(29-24-18)27-12-10-26(11-13-27)19(21-5-2)22-16-17-6-8-25(9-7-17)14-15-28-3;/h17H,4-16H2,1-3H3,(H,21,22);1H. The summed E-state index contributed by atoms with van der Waals surface area (Å²) in [6.07, 6.45) is 3.37. The van der Waals surface area contributed by atoms with Crippen molar-refractivity contribution >= 4 is 46.6 Å². The lowest BCUT2D eigenvalue weighted by atomic mass is 9.97. The molecule has 10 heteroatoms. The number of nitrogens with one attached hydrogen (secondary N) is 1. The van der Waals surface area contributed by atoms with Crippen molar-refractivity contribution in [1.29, 1.82) is 0 Å². The number of aryl methyl sites for hydroxylation is 1.